The quantitative estimate of drug-likeness (QED) is 0.800. The van der Waals surface area contributed by atoms with Crippen LogP contribution < -0.4 is 10.2 Å². The summed E-state index contributed by atoms with van der Waals surface area (Å²) in [7, 11) is -0.373. The average Bonchev–Trinajstić information content (AvgIpc) is 2.55. The molecule has 1 aliphatic rings. The van der Waals surface area contributed by atoms with Crippen molar-refractivity contribution in [3.63, 3.8) is 0 Å². The Bertz CT molecular complexity index is 498. The van der Waals surface area contributed by atoms with Gasteiger partial charge in [0, 0.05) is 17.7 Å². The van der Waals surface area contributed by atoms with Crippen molar-refractivity contribution in [2.45, 2.75) is 59.7 Å². The first kappa shape index (κ1) is 16.3. The molecule has 0 radical (unpaired) electrons. The van der Waals surface area contributed by atoms with E-state index in [0.717, 1.165) is 11.0 Å². The molecule has 1 aromatic heterocycles. The number of ether oxygens (including phenoxy) is 1. The van der Waals surface area contributed by atoms with Gasteiger partial charge in [0.1, 0.15) is 0 Å². The molecule has 0 atom stereocenters. The first-order valence-corrected chi connectivity index (χ1v) is 7.57. The highest BCUT2D eigenvalue weighted by Crippen LogP contribution is 2.36. The van der Waals surface area contributed by atoms with Crippen molar-refractivity contribution in [1.29, 1.82) is 0 Å². The normalized spacial score (nSPS) is 20.1. The number of hydrogen-bond acceptors (Lipinski definition) is 4. The molecule has 2 rings (SSSR count). The standard InChI is InChI=1S/C16H26BNO3/c1-11(2)10-19-14-8-12(3)13(9-18-14)17-20-15(4,5)16(6,7)21-17/h8-9,11H,10H2,1-7H3. The smallest absolute Gasteiger partial charge is 0.477 e. The van der Waals surface area contributed by atoms with Crippen LogP contribution in [0.3, 0.4) is 0 Å². The number of aromatic nitrogens is 1. The van der Waals surface area contributed by atoms with Gasteiger partial charge in [-0.1, -0.05) is 13.8 Å². The Morgan fingerprint density at radius 2 is 1.76 bits per heavy atom. The van der Waals surface area contributed by atoms with Gasteiger partial charge in [-0.05, 0) is 46.1 Å². The summed E-state index contributed by atoms with van der Waals surface area (Å²) in [6.07, 6.45) is 1.80. The van der Waals surface area contributed by atoms with Gasteiger partial charge in [-0.3, -0.25) is 0 Å². The zero-order valence-corrected chi connectivity index (χ0v) is 14.2. The highest BCUT2D eigenvalue weighted by atomic mass is 16.7. The Balaban J connectivity index is 2.15. The average molecular weight is 291 g/mol. The van der Waals surface area contributed by atoms with Gasteiger partial charge in [-0.25, -0.2) is 4.98 Å². The van der Waals surface area contributed by atoms with Gasteiger partial charge in [-0.15, -0.1) is 0 Å². The Hall–Kier alpha value is -1.07. The Labute approximate surface area is 128 Å². The summed E-state index contributed by atoms with van der Waals surface area (Å²) in [6, 6.07) is 1.95. The minimum atomic E-state index is -0.373. The molecule has 0 spiro atoms. The van der Waals surface area contributed by atoms with Crippen LogP contribution in [0, 0.1) is 12.8 Å². The third kappa shape index (κ3) is 3.41. The van der Waals surface area contributed by atoms with Crippen LogP contribution in [0.1, 0.15) is 47.1 Å². The van der Waals surface area contributed by atoms with Crippen LogP contribution in [0.25, 0.3) is 0 Å². The molecular formula is C16H26BNO3. The van der Waals surface area contributed by atoms with E-state index in [-0.39, 0.29) is 18.3 Å². The maximum atomic E-state index is 6.07. The number of pyridine rings is 1. The van der Waals surface area contributed by atoms with Gasteiger partial charge in [0.25, 0.3) is 0 Å². The van der Waals surface area contributed by atoms with Crippen LogP contribution >= 0.6 is 0 Å². The molecule has 4 nitrogen and oxygen atoms in total. The van der Waals surface area contributed by atoms with Gasteiger partial charge >= 0.3 is 7.12 Å². The first-order valence-electron chi connectivity index (χ1n) is 7.57. The van der Waals surface area contributed by atoms with Crippen LogP contribution in [0.2, 0.25) is 0 Å². The second-order valence-electron chi connectivity index (χ2n) is 7.17. The van der Waals surface area contributed by atoms with E-state index in [2.05, 4.69) is 46.5 Å². The van der Waals surface area contributed by atoms with Crippen molar-refractivity contribution < 1.29 is 14.0 Å². The molecule has 1 fully saturated rings. The highest BCUT2D eigenvalue weighted by Gasteiger charge is 2.52. The second-order valence-corrected chi connectivity index (χ2v) is 7.17. The summed E-state index contributed by atoms with van der Waals surface area (Å²) in [6.45, 7) is 15.1. The lowest BCUT2D eigenvalue weighted by Crippen LogP contribution is -2.41. The van der Waals surface area contributed by atoms with E-state index in [1.54, 1.807) is 6.20 Å². The molecule has 0 saturated carbocycles. The van der Waals surface area contributed by atoms with Gasteiger partial charge in [0.2, 0.25) is 5.88 Å². The minimum absolute atomic E-state index is 0.336. The van der Waals surface area contributed by atoms with Gasteiger partial charge < -0.3 is 14.0 Å². The molecule has 1 aliphatic heterocycles. The van der Waals surface area contributed by atoms with Crippen LogP contribution in [-0.4, -0.2) is 29.9 Å². The molecule has 1 saturated heterocycles. The molecule has 2 heterocycles. The van der Waals surface area contributed by atoms with Gasteiger partial charge in [0.15, 0.2) is 0 Å². The van der Waals surface area contributed by atoms with E-state index in [4.69, 9.17) is 14.0 Å². The van der Waals surface area contributed by atoms with Crippen molar-refractivity contribution in [3.05, 3.63) is 17.8 Å². The lowest BCUT2D eigenvalue weighted by molar-refractivity contribution is 0.00578. The van der Waals surface area contributed by atoms with Gasteiger partial charge in [-0.2, -0.15) is 0 Å². The summed E-state index contributed by atoms with van der Waals surface area (Å²) in [5.41, 5.74) is 1.36. The molecule has 0 aromatic carbocycles. The van der Waals surface area contributed by atoms with Crippen molar-refractivity contribution in [2.24, 2.45) is 5.92 Å². The highest BCUT2D eigenvalue weighted by molar-refractivity contribution is 6.62. The second kappa shape index (κ2) is 5.62. The lowest BCUT2D eigenvalue weighted by Gasteiger charge is -2.32. The molecule has 0 unspecified atom stereocenters. The molecule has 21 heavy (non-hydrogen) atoms. The Morgan fingerprint density at radius 1 is 1.19 bits per heavy atom. The van der Waals surface area contributed by atoms with Crippen molar-refractivity contribution in [3.8, 4) is 5.88 Å². The summed E-state index contributed by atoms with van der Waals surface area (Å²) in [4.78, 5) is 4.37. The summed E-state index contributed by atoms with van der Waals surface area (Å²) in [5.74, 6) is 1.14. The largest absolute Gasteiger partial charge is 0.496 e. The van der Waals surface area contributed by atoms with Crippen molar-refractivity contribution in [1.82, 2.24) is 4.98 Å². The number of aryl methyl sites for hydroxylation is 1. The summed E-state index contributed by atoms with van der Waals surface area (Å²) >= 11 is 0. The first-order chi connectivity index (χ1) is 9.62. The third-order valence-electron chi connectivity index (χ3n) is 4.20. The summed E-state index contributed by atoms with van der Waals surface area (Å²) < 4.78 is 17.8. The molecule has 0 amide bonds. The number of nitrogens with zero attached hydrogens (tertiary/aromatic N) is 1. The monoisotopic (exact) mass is 291 g/mol. The SMILES string of the molecule is Cc1cc(OCC(C)C)ncc1B1OC(C)(C)C(C)(C)O1. The molecule has 0 aliphatic carbocycles. The predicted molar refractivity (Wildman–Crippen MR) is 85.0 cm³/mol. The maximum absolute atomic E-state index is 6.07. The Kier molecular flexibility index (Phi) is 4.36. The van der Waals surface area contributed by atoms with E-state index >= 15 is 0 Å². The van der Waals surface area contributed by atoms with Crippen LogP contribution in [0.15, 0.2) is 12.3 Å². The van der Waals surface area contributed by atoms with Crippen LogP contribution in [-0.2, 0) is 9.31 Å². The number of hydrogen-bond donors (Lipinski definition) is 0. The van der Waals surface area contributed by atoms with Crippen LogP contribution in [0.5, 0.6) is 5.88 Å². The minimum Gasteiger partial charge on any atom is -0.477 e. The van der Waals surface area contributed by atoms with E-state index in [1.165, 1.54) is 0 Å². The third-order valence-corrected chi connectivity index (χ3v) is 4.20. The Morgan fingerprint density at radius 3 is 2.24 bits per heavy atom. The van der Waals surface area contributed by atoms with Crippen LogP contribution in [0.4, 0.5) is 0 Å². The van der Waals surface area contributed by atoms with E-state index < -0.39 is 0 Å². The molecule has 0 bridgehead atoms. The number of rotatable bonds is 4. The molecular weight excluding hydrogens is 265 g/mol. The van der Waals surface area contributed by atoms with E-state index in [9.17, 15) is 0 Å². The summed E-state index contributed by atoms with van der Waals surface area (Å²) in [5, 5.41) is 0. The van der Waals surface area contributed by atoms with Crippen molar-refractivity contribution >= 4 is 12.6 Å². The zero-order valence-electron chi connectivity index (χ0n) is 14.2. The topological polar surface area (TPSA) is 40.6 Å². The van der Waals surface area contributed by atoms with Crippen molar-refractivity contribution in [2.75, 3.05) is 6.61 Å². The van der Waals surface area contributed by atoms with E-state index in [1.807, 2.05) is 13.0 Å². The lowest BCUT2D eigenvalue weighted by atomic mass is 9.77. The van der Waals surface area contributed by atoms with Gasteiger partial charge in [0.05, 0.1) is 17.8 Å². The zero-order chi connectivity index (χ0) is 15.8. The molecule has 116 valence electrons. The van der Waals surface area contributed by atoms with E-state index in [0.29, 0.717) is 18.4 Å². The fraction of sp³-hybridized carbons (Fsp3) is 0.688. The fourth-order valence-corrected chi connectivity index (χ4v) is 2.09. The predicted octanol–water partition coefficient (Wildman–Crippen LogP) is 2.72. The maximum Gasteiger partial charge on any atom is 0.496 e. The fourth-order valence-electron chi connectivity index (χ4n) is 2.09. The molecule has 5 heteroatoms. The molecule has 0 N–H and O–H groups in total. The molecule has 1 aromatic rings.